The van der Waals surface area contributed by atoms with E-state index < -0.39 is 0 Å². The van der Waals surface area contributed by atoms with E-state index in [9.17, 15) is 0 Å². The van der Waals surface area contributed by atoms with Crippen LogP contribution in [-0.4, -0.2) is 31.4 Å². The van der Waals surface area contributed by atoms with Gasteiger partial charge in [0.05, 0.1) is 11.7 Å². The first-order chi connectivity index (χ1) is 7.31. The van der Waals surface area contributed by atoms with Gasteiger partial charge in [0.15, 0.2) is 0 Å². The van der Waals surface area contributed by atoms with Crippen LogP contribution in [0.3, 0.4) is 0 Å². The lowest BCUT2D eigenvalue weighted by molar-refractivity contribution is 0.540. The lowest BCUT2D eigenvalue weighted by atomic mass is 10.1. The Morgan fingerprint density at radius 2 is 2.47 bits per heavy atom. The molecular formula is C8H12N6S. The van der Waals surface area contributed by atoms with Crippen molar-refractivity contribution in [3.8, 4) is 0 Å². The molecule has 15 heavy (non-hydrogen) atoms. The second kappa shape index (κ2) is 4.45. The Bertz CT molecular complexity index is 408. The molecule has 0 spiro atoms. The summed E-state index contributed by atoms with van der Waals surface area (Å²) in [6, 6.07) is 0.145. The van der Waals surface area contributed by atoms with Gasteiger partial charge < -0.3 is 5.32 Å². The Morgan fingerprint density at radius 1 is 1.60 bits per heavy atom. The maximum absolute atomic E-state index is 4.18. The molecular weight excluding hydrogens is 212 g/mol. The molecule has 2 aromatic rings. The first kappa shape index (κ1) is 10.2. The van der Waals surface area contributed by atoms with Gasteiger partial charge in [-0.3, -0.25) is 4.68 Å². The predicted octanol–water partition coefficient (Wildman–Crippen LogP) is 0.170. The van der Waals surface area contributed by atoms with E-state index in [4.69, 9.17) is 0 Å². The van der Waals surface area contributed by atoms with E-state index in [-0.39, 0.29) is 6.04 Å². The minimum absolute atomic E-state index is 0.145. The fourth-order valence-corrected chi connectivity index (χ4v) is 1.87. The molecule has 0 bridgehead atoms. The number of rotatable bonds is 4. The Morgan fingerprint density at radius 3 is 3.00 bits per heavy atom. The van der Waals surface area contributed by atoms with E-state index in [1.165, 1.54) is 11.5 Å². The molecule has 6 nitrogen and oxygen atoms in total. The van der Waals surface area contributed by atoms with Gasteiger partial charge in [0.2, 0.25) is 0 Å². The standard InChI is InChI=1S/C8H12N6S/c1-9-6(7-4-15-13-12-7)3-8-10-5-11-14(8)2/h4-6,9H,3H2,1-2H3. The number of likely N-dealkylation sites (N-methyl/N-ethyl adjacent to an activating group) is 1. The summed E-state index contributed by atoms with van der Waals surface area (Å²) in [6.07, 6.45) is 2.32. The van der Waals surface area contributed by atoms with Crippen LogP contribution in [-0.2, 0) is 13.5 Å². The fourth-order valence-electron chi connectivity index (χ4n) is 1.37. The summed E-state index contributed by atoms with van der Waals surface area (Å²) in [5.74, 6) is 0.933. The molecule has 0 aliphatic heterocycles. The van der Waals surface area contributed by atoms with Crippen LogP contribution < -0.4 is 5.32 Å². The molecule has 0 aromatic carbocycles. The minimum atomic E-state index is 0.145. The van der Waals surface area contributed by atoms with Gasteiger partial charge in [-0.25, -0.2) is 4.98 Å². The third-order valence-electron chi connectivity index (χ3n) is 2.27. The van der Waals surface area contributed by atoms with E-state index in [0.717, 1.165) is 17.9 Å². The van der Waals surface area contributed by atoms with Crippen molar-refractivity contribution in [1.29, 1.82) is 0 Å². The molecule has 2 rings (SSSR count). The number of hydrogen-bond acceptors (Lipinski definition) is 6. The van der Waals surface area contributed by atoms with Crippen LogP contribution in [0.25, 0.3) is 0 Å². The van der Waals surface area contributed by atoms with Crippen molar-refractivity contribution < 1.29 is 0 Å². The summed E-state index contributed by atoms with van der Waals surface area (Å²) in [7, 11) is 3.79. The van der Waals surface area contributed by atoms with Crippen LogP contribution in [0, 0.1) is 0 Å². The van der Waals surface area contributed by atoms with Gasteiger partial charge in [0.25, 0.3) is 0 Å². The number of hydrogen-bond donors (Lipinski definition) is 1. The van der Waals surface area contributed by atoms with Crippen LogP contribution in [0.15, 0.2) is 11.7 Å². The lowest BCUT2D eigenvalue weighted by Crippen LogP contribution is -2.21. The Kier molecular flexibility index (Phi) is 3.02. The highest BCUT2D eigenvalue weighted by molar-refractivity contribution is 7.03. The lowest BCUT2D eigenvalue weighted by Gasteiger charge is -2.11. The quantitative estimate of drug-likeness (QED) is 0.801. The third-order valence-corrected chi connectivity index (χ3v) is 2.80. The van der Waals surface area contributed by atoms with Crippen molar-refractivity contribution in [2.75, 3.05) is 7.05 Å². The van der Waals surface area contributed by atoms with Crippen LogP contribution >= 0.6 is 11.5 Å². The number of aryl methyl sites for hydroxylation is 1. The van der Waals surface area contributed by atoms with Gasteiger partial charge in [0.1, 0.15) is 12.2 Å². The molecule has 0 aliphatic rings. The second-order valence-electron chi connectivity index (χ2n) is 3.18. The molecule has 0 saturated heterocycles. The summed E-state index contributed by atoms with van der Waals surface area (Å²) in [6.45, 7) is 0. The Labute approximate surface area is 91.5 Å². The van der Waals surface area contributed by atoms with E-state index >= 15 is 0 Å². The SMILES string of the molecule is CNC(Cc1ncnn1C)c1csnn1. The highest BCUT2D eigenvalue weighted by Gasteiger charge is 2.15. The van der Waals surface area contributed by atoms with E-state index in [1.54, 1.807) is 11.0 Å². The smallest absolute Gasteiger partial charge is 0.138 e. The summed E-state index contributed by atoms with van der Waals surface area (Å²) >= 11 is 1.36. The van der Waals surface area contributed by atoms with Crippen LogP contribution in [0.5, 0.6) is 0 Å². The topological polar surface area (TPSA) is 68.5 Å². The Balaban J connectivity index is 2.13. The van der Waals surface area contributed by atoms with Crippen molar-refractivity contribution in [3.63, 3.8) is 0 Å². The van der Waals surface area contributed by atoms with Gasteiger partial charge in [-0.05, 0) is 18.6 Å². The molecule has 0 saturated carbocycles. The summed E-state index contributed by atoms with van der Waals surface area (Å²) in [5, 5.41) is 13.2. The van der Waals surface area contributed by atoms with Crippen molar-refractivity contribution in [2.24, 2.45) is 7.05 Å². The normalized spacial score (nSPS) is 12.9. The average Bonchev–Trinajstić information content (AvgIpc) is 2.86. The zero-order valence-electron chi connectivity index (χ0n) is 8.58. The zero-order valence-corrected chi connectivity index (χ0v) is 9.40. The van der Waals surface area contributed by atoms with E-state index in [2.05, 4.69) is 25.0 Å². The van der Waals surface area contributed by atoms with E-state index in [1.807, 2.05) is 19.5 Å². The zero-order chi connectivity index (χ0) is 10.7. The van der Waals surface area contributed by atoms with Crippen LogP contribution in [0.2, 0.25) is 0 Å². The molecule has 0 radical (unpaired) electrons. The summed E-state index contributed by atoms with van der Waals surface area (Å²) in [5.41, 5.74) is 0.950. The van der Waals surface area contributed by atoms with Gasteiger partial charge in [-0.2, -0.15) is 5.10 Å². The third kappa shape index (κ3) is 2.18. The molecule has 0 amide bonds. The number of nitrogens with one attached hydrogen (secondary N) is 1. The largest absolute Gasteiger partial charge is 0.311 e. The maximum atomic E-state index is 4.18. The van der Waals surface area contributed by atoms with Crippen molar-refractivity contribution in [2.45, 2.75) is 12.5 Å². The number of nitrogens with zero attached hydrogens (tertiary/aromatic N) is 5. The van der Waals surface area contributed by atoms with Crippen molar-refractivity contribution in [1.82, 2.24) is 29.7 Å². The summed E-state index contributed by atoms with van der Waals surface area (Å²) < 4.78 is 5.62. The molecule has 1 N–H and O–H groups in total. The summed E-state index contributed by atoms with van der Waals surface area (Å²) in [4.78, 5) is 4.18. The minimum Gasteiger partial charge on any atom is -0.311 e. The van der Waals surface area contributed by atoms with Crippen LogP contribution in [0.1, 0.15) is 17.6 Å². The van der Waals surface area contributed by atoms with Gasteiger partial charge in [0, 0.05) is 18.8 Å². The molecule has 80 valence electrons. The predicted molar refractivity (Wildman–Crippen MR) is 56.4 cm³/mol. The Hall–Kier alpha value is -1.34. The van der Waals surface area contributed by atoms with Gasteiger partial charge in [-0.1, -0.05) is 4.49 Å². The first-order valence-corrected chi connectivity index (χ1v) is 5.42. The highest BCUT2D eigenvalue weighted by atomic mass is 32.1. The molecule has 7 heteroatoms. The van der Waals surface area contributed by atoms with E-state index in [0.29, 0.717) is 0 Å². The van der Waals surface area contributed by atoms with Gasteiger partial charge >= 0.3 is 0 Å². The highest BCUT2D eigenvalue weighted by Crippen LogP contribution is 2.14. The number of aromatic nitrogens is 5. The molecule has 1 unspecified atom stereocenters. The molecule has 0 aliphatic carbocycles. The van der Waals surface area contributed by atoms with Gasteiger partial charge in [-0.15, -0.1) is 5.10 Å². The maximum Gasteiger partial charge on any atom is 0.138 e. The van der Waals surface area contributed by atoms with Crippen molar-refractivity contribution in [3.05, 3.63) is 23.2 Å². The molecule has 2 aromatic heterocycles. The monoisotopic (exact) mass is 224 g/mol. The second-order valence-corrected chi connectivity index (χ2v) is 3.78. The van der Waals surface area contributed by atoms with Crippen LogP contribution in [0.4, 0.5) is 0 Å². The fraction of sp³-hybridized carbons (Fsp3) is 0.500. The van der Waals surface area contributed by atoms with Crippen molar-refractivity contribution >= 4 is 11.5 Å². The average molecular weight is 224 g/mol. The molecule has 1 atom stereocenters. The molecule has 2 heterocycles. The molecule has 0 fully saturated rings. The first-order valence-electron chi connectivity index (χ1n) is 4.58.